The van der Waals surface area contributed by atoms with Crippen LogP contribution in [0.1, 0.15) is 36.9 Å². The standard InChI is InChI=1S/C17H22ClNOS/c1-3-9-19-16(6-4-13-8-10-21-12-13)15-11-14(18)5-7-17(15)20-2/h5,7-8,10-12,16,19H,3-4,6,9H2,1-2H3. The van der Waals surface area contributed by atoms with E-state index in [2.05, 4.69) is 29.1 Å². The molecule has 2 nitrogen and oxygen atoms in total. The molecule has 0 aliphatic heterocycles. The second-order valence-corrected chi connectivity index (χ2v) is 6.28. The van der Waals surface area contributed by atoms with Gasteiger partial charge in [-0.3, -0.25) is 0 Å². The van der Waals surface area contributed by atoms with Crippen LogP contribution in [0.25, 0.3) is 0 Å². The third-order valence-electron chi connectivity index (χ3n) is 3.51. The van der Waals surface area contributed by atoms with Crippen molar-refractivity contribution in [1.29, 1.82) is 0 Å². The molecule has 0 saturated carbocycles. The van der Waals surface area contributed by atoms with Gasteiger partial charge in [0.2, 0.25) is 0 Å². The molecule has 0 saturated heterocycles. The summed E-state index contributed by atoms with van der Waals surface area (Å²) < 4.78 is 5.50. The lowest BCUT2D eigenvalue weighted by atomic mass is 9.99. The number of thiophene rings is 1. The molecule has 2 rings (SSSR count). The highest BCUT2D eigenvalue weighted by atomic mass is 35.5. The van der Waals surface area contributed by atoms with Gasteiger partial charge in [-0.15, -0.1) is 0 Å². The fourth-order valence-corrected chi connectivity index (χ4v) is 3.29. The van der Waals surface area contributed by atoms with Gasteiger partial charge in [-0.25, -0.2) is 0 Å². The lowest BCUT2D eigenvalue weighted by Crippen LogP contribution is -2.23. The Bertz CT molecular complexity index is 542. The molecule has 1 aromatic heterocycles. The van der Waals surface area contributed by atoms with Gasteiger partial charge < -0.3 is 10.1 Å². The summed E-state index contributed by atoms with van der Waals surface area (Å²) in [7, 11) is 1.71. The van der Waals surface area contributed by atoms with Gasteiger partial charge in [-0.05, 0) is 66.4 Å². The van der Waals surface area contributed by atoms with Gasteiger partial charge in [-0.2, -0.15) is 11.3 Å². The Morgan fingerprint density at radius 1 is 1.33 bits per heavy atom. The van der Waals surface area contributed by atoms with Crippen LogP contribution in [0.3, 0.4) is 0 Å². The molecule has 0 fully saturated rings. The maximum Gasteiger partial charge on any atom is 0.123 e. The summed E-state index contributed by atoms with van der Waals surface area (Å²) in [6, 6.07) is 8.29. The normalized spacial score (nSPS) is 12.3. The molecule has 1 N–H and O–H groups in total. The summed E-state index contributed by atoms with van der Waals surface area (Å²) in [6.07, 6.45) is 3.20. The number of aryl methyl sites for hydroxylation is 1. The van der Waals surface area contributed by atoms with Gasteiger partial charge >= 0.3 is 0 Å². The van der Waals surface area contributed by atoms with Gasteiger partial charge in [0.05, 0.1) is 7.11 Å². The molecule has 0 aliphatic carbocycles. The molecule has 114 valence electrons. The summed E-state index contributed by atoms with van der Waals surface area (Å²) >= 11 is 7.92. The maximum absolute atomic E-state index is 6.17. The third-order valence-corrected chi connectivity index (χ3v) is 4.48. The average Bonchev–Trinajstić information content (AvgIpc) is 3.01. The first-order valence-corrected chi connectivity index (χ1v) is 8.64. The van der Waals surface area contributed by atoms with Crippen molar-refractivity contribution in [2.24, 2.45) is 0 Å². The first-order valence-electron chi connectivity index (χ1n) is 7.32. The number of ether oxygens (including phenoxy) is 1. The lowest BCUT2D eigenvalue weighted by molar-refractivity contribution is 0.395. The maximum atomic E-state index is 6.17. The molecule has 1 heterocycles. The van der Waals surface area contributed by atoms with Crippen LogP contribution in [0, 0.1) is 0 Å². The van der Waals surface area contributed by atoms with Crippen molar-refractivity contribution < 1.29 is 4.74 Å². The first-order chi connectivity index (χ1) is 10.2. The zero-order valence-electron chi connectivity index (χ0n) is 12.6. The highest BCUT2D eigenvalue weighted by Gasteiger charge is 2.16. The zero-order chi connectivity index (χ0) is 15.1. The molecule has 1 atom stereocenters. The number of benzene rings is 1. The van der Waals surface area contributed by atoms with Crippen LogP contribution in [-0.4, -0.2) is 13.7 Å². The molecule has 0 aliphatic rings. The molecule has 1 aromatic carbocycles. The Kier molecular flexibility index (Phi) is 6.55. The van der Waals surface area contributed by atoms with E-state index in [4.69, 9.17) is 16.3 Å². The second kappa shape index (κ2) is 8.42. The van der Waals surface area contributed by atoms with Crippen molar-refractivity contribution in [2.75, 3.05) is 13.7 Å². The van der Waals surface area contributed by atoms with Gasteiger partial charge in [0.1, 0.15) is 5.75 Å². The smallest absolute Gasteiger partial charge is 0.123 e. The van der Waals surface area contributed by atoms with Crippen LogP contribution in [-0.2, 0) is 6.42 Å². The van der Waals surface area contributed by atoms with E-state index in [1.807, 2.05) is 18.2 Å². The Morgan fingerprint density at radius 2 is 2.19 bits per heavy atom. The van der Waals surface area contributed by atoms with Crippen molar-refractivity contribution in [1.82, 2.24) is 5.32 Å². The molecular weight excluding hydrogens is 302 g/mol. The molecule has 0 radical (unpaired) electrons. The van der Waals surface area contributed by atoms with Crippen LogP contribution in [0.5, 0.6) is 5.75 Å². The largest absolute Gasteiger partial charge is 0.496 e. The van der Waals surface area contributed by atoms with E-state index in [1.54, 1.807) is 18.4 Å². The van der Waals surface area contributed by atoms with Crippen molar-refractivity contribution >= 4 is 22.9 Å². The SMILES string of the molecule is CCCNC(CCc1ccsc1)c1cc(Cl)ccc1OC. The minimum absolute atomic E-state index is 0.262. The molecule has 1 unspecified atom stereocenters. The van der Waals surface area contributed by atoms with Crippen LogP contribution in [0.4, 0.5) is 0 Å². The molecule has 0 spiro atoms. The molecule has 0 amide bonds. The van der Waals surface area contributed by atoms with Gasteiger partial charge in [0, 0.05) is 16.6 Å². The van der Waals surface area contributed by atoms with Crippen LogP contribution >= 0.6 is 22.9 Å². The molecule has 2 aromatic rings. The van der Waals surface area contributed by atoms with E-state index in [0.717, 1.165) is 42.1 Å². The highest BCUT2D eigenvalue weighted by molar-refractivity contribution is 7.07. The Hall–Kier alpha value is -1.03. The molecule has 21 heavy (non-hydrogen) atoms. The Labute approximate surface area is 136 Å². The quantitative estimate of drug-likeness (QED) is 0.731. The van der Waals surface area contributed by atoms with E-state index >= 15 is 0 Å². The molecular formula is C17H22ClNOS. The summed E-state index contributed by atoms with van der Waals surface area (Å²) in [4.78, 5) is 0. The van der Waals surface area contributed by atoms with E-state index < -0.39 is 0 Å². The predicted molar refractivity (Wildman–Crippen MR) is 91.7 cm³/mol. The zero-order valence-corrected chi connectivity index (χ0v) is 14.1. The average molecular weight is 324 g/mol. The fourth-order valence-electron chi connectivity index (χ4n) is 2.41. The molecule has 4 heteroatoms. The van der Waals surface area contributed by atoms with E-state index in [0.29, 0.717) is 0 Å². The van der Waals surface area contributed by atoms with Crippen molar-refractivity contribution in [3.63, 3.8) is 0 Å². The topological polar surface area (TPSA) is 21.3 Å². The monoisotopic (exact) mass is 323 g/mol. The van der Waals surface area contributed by atoms with Crippen LogP contribution in [0.2, 0.25) is 5.02 Å². The summed E-state index contributed by atoms with van der Waals surface area (Å²) in [5.74, 6) is 0.901. The minimum Gasteiger partial charge on any atom is -0.496 e. The van der Waals surface area contributed by atoms with Gasteiger partial charge in [0.25, 0.3) is 0 Å². The number of hydrogen-bond donors (Lipinski definition) is 1. The van der Waals surface area contributed by atoms with E-state index in [9.17, 15) is 0 Å². The predicted octanol–water partition coefficient (Wildman–Crippen LogP) is 5.08. The second-order valence-electron chi connectivity index (χ2n) is 5.06. The van der Waals surface area contributed by atoms with E-state index in [-0.39, 0.29) is 6.04 Å². The van der Waals surface area contributed by atoms with Crippen molar-refractivity contribution in [3.8, 4) is 5.75 Å². The third kappa shape index (κ3) is 4.73. The number of methoxy groups -OCH3 is 1. The van der Waals surface area contributed by atoms with Crippen LogP contribution < -0.4 is 10.1 Å². The van der Waals surface area contributed by atoms with Crippen molar-refractivity contribution in [3.05, 3.63) is 51.2 Å². The Balaban J connectivity index is 2.16. The van der Waals surface area contributed by atoms with Gasteiger partial charge in [-0.1, -0.05) is 18.5 Å². The number of hydrogen-bond acceptors (Lipinski definition) is 3. The van der Waals surface area contributed by atoms with Gasteiger partial charge in [0.15, 0.2) is 0 Å². The lowest BCUT2D eigenvalue weighted by Gasteiger charge is -2.21. The number of rotatable bonds is 8. The summed E-state index contributed by atoms with van der Waals surface area (Å²) in [5.41, 5.74) is 2.54. The highest BCUT2D eigenvalue weighted by Crippen LogP contribution is 2.31. The first kappa shape index (κ1) is 16.3. The summed E-state index contributed by atoms with van der Waals surface area (Å²) in [6.45, 7) is 3.17. The Morgan fingerprint density at radius 3 is 2.86 bits per heavy atom. The van der Waals surface area contributed by atoms with Crippen molar-refractivity contribution in [2.45, 2.75) is 32.2 Å². The minimum atomic E-state index is 0.262. The summed E-state index contributed by atoms with van der Waals surface area (Å²) in [5, 5.41) is 8.71. The number of halogens is 1. The molecule has 0 bridgehead atoms. The van der Waals surface area contributed by atoms with E-state index in [1.165, 1.54) is 5.56 Å². The number of nitrogens with one attached hydrogen (secondary N) is 1. The van der Waals surface area contributed by atoms with Crippen LogP contribution in [0.15, 0.2) is 35.0 Å². The fraction of sp³-hybridized carbons (Fsp3) is 0.412.